The van der Waals surface area contributed by atoms with Crippen molar-refractivity contribution in [1.29, 1.82) is 0 Å². The summed E-state index contributed by atoms with van der Waals surface area (Å²) in [6, 6.07) is 4.87. The van der Waals surface area contributed by atoms with E-state index in [-0.39, 0.29) is 6.61 Å². The molecule has 0 aliphatic heterocycles. The second-order valence-electron chi connectivity index (χ2n) is 3.43. The monoisotopic (exact) mass is 230 g/mol. The van der Waals surface area contributed by atoms with Gasteiger partial charge in [0.05, 0.1) is 12.2 Å². The number of rotatable bonds is 3. The van der Waals surface area contributed by atoms with Crippen LogP contribution in [0.4, 0.5) is 13.2 Å². The van der Waals surface area contributed by atoms with Crippen molar-refractivity contribution < 1.29 is 18.3 Å². The SMILES string of the molecule is CC/C(=C/c1ccc(C(F)(F)F)cc1)CO. The molecule has 0 bridgehead atoms. The number of halogens is 3. The zero-order chi connectivity index (χ0) is 12.2. The Balaban J connectivity index is 2.91. The summed E-state index contributed by atoms with van der Waals surface area (Å²) >= 11 is 0. The molecule has 1 aromatic carbocycles. The first-order valence-corrected chi connectivity index (χ1v) is 4.95. The minimum atomic E-state index is -4.30. The molecule has 0 heterocycles. The van der Waals surface area contributed by atoms with Crippen LogP contribution in [0.15, 0.2) is 29.8 Å². The normalized spacial score (nSPS) is 12.9. The average molecular weight is 230 g/mol. The molecule has 88 valence electrons. The fourth-order valence-corrected chi connectivity index (χ4v) is 1.26. The van der Waals surface area contributed by atoms with Gasteiger partial charge < -0.3 is 5.11 Å². The smallest absolute Gasteiger partial charge is 0.392 e. The highest BCUT2D eigenvalue weighted by Crippen LogP contribution is 2.29. The van der Waals surface area contributed by atoms with E-state index in [1.807, 2.05) is 6.92 Å². The van der Waals surface area contributed by atoms with Gasteiger partial charge in [0.15, 0.2) is 0 Å². The molecular weight excluding hydrogens is 217 g/mol. The van der Waals surface area contributed by atoms with Gasteiger partial charge in [-0.2, -0.15) is 13.2 Å². The maximum absolute atomic E-state index is 12.3. The molecule has 0 amide bonds. The molecule has 1 nitrogen and oxygen atoms in total. The van der Waals surface area contributed by atoms with Crippen LogP contribution in [0.3, 0.4) is 0 Å². The van der Waals surface area contributed by atoms with Gasteiger partial charge in [0.2, 0.25) is 0 Å². The van der Waals surface area contributed by atoms with E-state index in [0.29, 0.717) is 12.0 Å². The lowest BCUT2D eigenvalue weighted by molar-refractivity contribution is -0.137. The Morgan fingerprint density at radius 2 is 1.81 bits per heavy atom. The third kappa shape index (κ3) is 3.38. The van der Waals surface area contributed by atoms with Crippen LogP contribution in [0, 0.1) is 0 Å². The quantitative estimate of drug-likeness (QED) is 0.842. The molecule has 1 N–H and O–H groups in total. The fraction of sp³-hybridized carbons (Fsp3) is 0.333. The van der Waals surface area contributed by atoms with Crippen LogP contribution in [-0.2, 0) is 6.18 Å². The summed E-state index contributed by atoms with van der Waals surface area (Å²) in [5, 5.41) is 8.92. The molecule has 4 heteroatoms. The Morgan fingerprint density at radius 3 is 2.19 bits per heavy atom. The molecule has 16 heavy (non-hydrogen) atoms. The Morgan fingerprint density at radius 1 is 1.25 bits per heavy atom. The number of aliphatic hydroxyl groups excluding tert-OH is 1. The largest absolute Gasteiger partial charge is 0.416 e. The van der Waals surface area contributed by atoms with E-state index in [0.717, 1.165) is 17.7 Å². The Hall–Kier alpha value is -1.29. The van der Waals surface area contributed by atoms with Gasteiger partial charge in [0, 0.05) is 0 Å². The van der Waals surface area contributed by atoms with Crippen LogP contribution in [0.25, 0.3) is 6.08 Å². The van der Waals surface area contributed by atoms with E-state index >= 15 is 0 Å². The molecule has 0 saturated carbocycles. The average Bonchev–Trinajstić information content (AvgIpc) is 2.25. The van der Waals surface area contributed by atoms with Gasteiger partial charge in [0.25, 0.3) is 0 Å². The van der Waals surface area contributed by atoms with E-state index in [1.165, 1.54) is 12.1 Å². The van der Waals surface area contributed by atoms with Crippen molar-refractivity contribution >= 4 is 6.08 Å². The lowest BCUT2D eigenvalue weighted by atomic mass is 10.1. The summed E-state index contributed by atoms with van der Waals surface area (Å²) in [5.41, 5.74) is 0.797. The van der Waals surface area contributed by atoms with E-state index in [1.54, 1.807) is 6.08 Å². The van der Waals surface area contributed by atoms with Crippen LogP contribution < -0.4 is 0 Å². The van der Waals surface area contributed by atoms with Gasteiger partial charge >= 0.3 is 6.18 Å². The number of alkyl halides is 3. The minimum absolute atomic E-state index is 0.0719. The highest BCUT2D eigenvalue weighted by atomic mass is 19.4. The van der Waals surface area contributed by atoms with Crippen molar-refractivity contribution in [2.24, 2.45) is 0 Å². The van der Waals surface area contributed by atoms with Crippen molar-refractivity contribution in [2.45, 2.75) is 19.5 Å². The zero-order valence-electron chi connectivity index (χ0n) is 8.88. The molecule has 0 aliphatic rings. The van der Waals surface area contributed by atoms with Gasteiger partial charge in [-0.3, -0.25) is 0 Å². The number of hydrogen-bond acceptors (Lipinski definition) is 1. The minimum Gasteiger partial charge on any atom is -0.392 e. The van der Waals surface area contributed by atoms with Crippen molar-refractivity contribution in [3.63, 3.8) is 0 Å². The van der Waals surface area contributed by atoms with Gasteiger partial charge in [0.1, 0.15) is 0 Å². The molecule has 1 rings (SSSR count). The van der Waals surface area contributed by atoms with Gasteiger partial charge in [-0.15, -0.1) is 0 Å². The summed E-state index contributed by atoms with van der Waals surface area (Å²) in [4.78, 5) is 0. The van der Waals surface area contributed by atoms with Crippen LogP contribution >= 0.6 is 0 Å². The van der Waals surface area contributed by atoms with Crippen LogP contribution in [0.1, 0.15) is 24.5 Å². The molecule has 0 aliphatic carbocycles. The van der Waals surface area contributed by atoms with Gasteiger partial charge in [-0.25, -0.2) is 0 Å². The highest BCUT2D eigenvalue weighted by molar-refractivity contribution is 5.53. The molecule has 0 saturated heterocycles. The van der Waals surface area contributed by atoms with Crippen molar-refractivity contribution in [3.8, 4) is 0 Å². The van der Waals surface area contributed by atoms with Crippen molar-refractivity contribution in [2.75, 3.05) is 6.61 Å². The number of hydrogen-bond donors (Lipinski definition) is 1. The lowest BCUT2D eigenvalue weighted by Gasteiger charge is -2.06. The molecular formula is C12H13F3O. The molecule has 0 atom stereocenters. The van der Waals surface area contributed by atoms with Crippen molar-refractivity contribution in [1.82, 2.24) is 0 Å². The Labute approximate surface area is 92.2 Å². The first-order chi connectivity index (χ1) is 7.47. The van der Waals surface area contributed by atoms with Crippen LogP contribution in [0.2, 0.25) is 0 Å². The van der Waals surface area contributed by atoms with Crippen LogP contribution in [0.5, 0.6) is 0 Å². The summed E-state index contributed by atoms with van der Waals surface area (Å²) in [6.07, 6.45) is -1.93. The predicted molar refractivity (Wildman–Crippen MR) is 56.8 cm³/mol. The standard InChI is InChI=1S/C12H13F3O/c1-2-9(8-16)7-10-3-5-11(6-4-10)12(13,14)15/h3-7,16H,2,8H2,1H3/b9-7-. The van der Waals surface area contributed by atoms with E-state index in [4.69, 9.17) is 5.11 Å². The molecule has 0 unspecified atom stereocenters. The second-order valence-corrected chi connectivity index (χ2v) is 3.43. The van der Waals surface area contributed by atoms with Gasteiger partial charge in [-0.1, -0.05) is 25.1 Å². The first kappa shape index (κ1) is 12.8. The summed E-state index contributed by atoms with van der Waals surface area (Å²) in [7, 11) is 0. The number of aliphatic hydroxyl groups is 1. The zero-order valence-corrected chi connectivity index (χ0v) is 8.88. The van der Waals surface area contributed by atoms with Crippen molar-refractivity contribution in [3.05, 3.63) is 41.0 Å². The van der Waals surface area contributed by atoms with E-state index in [2.05, 4.69) is 0 Å². The lowest BCUT2D eigenvalue weighted by Crippen LogP contribution is -2.04. The Bertz CT molecular complexity index is 357. The third-order valence-corrected chi connectivity index (χ3v) is 2.27. The Kier molecular flexibility index (Phi) is 4.12. The molecule has 0 aromatic heterocycles. The summed E-state index contributed by atoms with van der Waals surface area (Å²) in [5.74, 6) is 0. The van der Waals surface area contributed by atoms with E-state index in [9.17, 15) is 13.2 Å². The molecule has 0 radical (unpaired) electrons. The summed E-state index contributed by atoms with van der Waals surface area (Å²) < 4.78 is 36.8. The van der Waals surface area contributed by atoms with Gasteiger partial charge in [-0.05, 0) is 29.7 Å². The third-order valence-electron chi connectivity index (χ3n) is 2.27. The fourth-order valence-electron chi connectivity index (χ4n) is 1.26. The predicted octanol–water partition coefficient (Wildman–Crippen LogP) is 3.49. The van der Waals surface area contributed by atoms with E-state index < -0.39 is 11.7 Å². The highest BCUT2D eigenvalue weighted by Gasteiger charge is 2.29. The number of benzene rings is 1. The maximum atomic E-state index is 12.3. The molecule has 0 fully saturated rings. The second kappa shape index (κ2) is 5.16. The summed E-state index contributed by atoms with van der Waals surface area (Å²) in [6.45, 7) is 1.81. The topological polar surface area (TPSA) is 20.2 Å². The molecule has 1 aromatic rings. The molecule has 0 spiro atoms. The first-order valence-electron chi connectivity index (χ1n) is 4.95. The maximum Gasteiger partial charge on any atom is 0.416 e. The van der Waals surface area contributed by atoms with Crippen LogP contribution in [-0.4, -0.2) is 11.7 Å².